The van der Waals surface area contributed by atoms with Crippen molar-refractivity contribution in [2.24, 2.45) is 11.3 Å². The first-order valence-corrected chi connectivity index (χ1v) is 9.64. The fraction of sp³-hybridized carbons (Fsp3) is 0.778. The molecule has 1 aromatic heterocycles. The topological polar surface area (TPSA) is 24.9 Å². The molecule has 2 aliphatic heterocycles. The molecule has 1 aromatic rings. The SMILES string of the molecule is COCCN1C[C@@H](COC)C2(CCN(Cc3ccsc3)CC2)C1. The van der Waals surface area contributed by atoms with E-state index in [1.165, 1.54) is 44.6 Å². The predicted octanol–water partition coefficient (Wildman–Crippen LogP) is 2.55. The number of rotatable bonds is 7. The predicted molar refractivity (Wildman–Crippen MR) is 94.9 cm³/mol. The van der Waals surface area contributed by atoms with Crippen molar-refractivity contribution in [1.29, 1.82) is 0 Å². The molecule has 1 spiro atoms. The second-order valence-electron chi connectivity index (χ2n) is 7.15. The van der Waals surface area contributed by atoms with Crippen LogP contribution < -0.4 is 0 Å². The average Bonchev–Trinajstić information content (AvgIpc) is 3.17. The van der Waals surface area contributed by atoms with Crippen molar-refractivity contribution in [1.82, 2.24) is 9.80 Å². The van der Waals surface area contributed by atoms with Crippen molar-refractivity contribution in [3.8, 4) is 0 Å². The summed E-state index contributed by atoms with van der Waals surface area (Å²) in [7, 11) is 3.64. The van der Waals surface area contributed by atoms with Gasteiger partial charge < -0.3 is 14.4 Å². The van der Waals surface area contributed by atoms with Gasteiger partial charge in [-0.05, 0) is 53.7 Å². The number of methoxy groups -OCH3 is 2. The summed E-state index contributed by atoms with van der Waals surface area (Å²) < 4.78 is 10.8. The number of ether oxygens (including phenoxy) is 2. The van der Waals surface area contributed by atoms with Gasteiger partial charge in [0.05, 0.1) is 13.2 Å². The first-order chi connectivity index (χ1) is 11.3. The van der Waals surface area contributed by atoms with E-state index in [0.717, 1.165) is 26.3 Å². The summed E-state index contributed by atoms with van der Waals surface area (Å²) in [4.78, 5) is 5.21. The van der Waals surface area contributed by atoms with Gasteiger partial charge >= 0.3 is 0 Å². The second-order valence-corrected chi connectivity index (χ2v) is 7.93. The summed E-state index contributed by atoms with van der Waals surface area (Å²) >= 11 is 1.80. The van der Waals surface area contributed by atoms with Crippen LogP contribution in [0.15, 0.2) is 16.8 Å². The number of hydrogen-bond donors (Lipinski definition) is 0. The average molecular weight is 339 g/mol. The van der Waals surface area contributed by atoms with E-state index in [4.69, 9.17) is 9.47 Å². The second kappa shape index (κ2) is 8.08. The molecule has 2 fully saturated rings. The fourth-order valence-electron chi connectivity index (χ4n) is 4.33. The van der Waals surface area contributed by atoms with Crippen molar-refractivity contribution < 1.29 is 9.47 Å². The van der Waals surface area contributed by atoms with E-state index < -0.39 is 0 Å². The van der Waals surface area contributed by atoms with Crippen LogP contribution in [0.1, 0.15) is 18.4 Å². The number of hydrogen-bond acceptors (Lipinski definition) is 5. The van der Waals surface area contributed by atoms with Gasteiger partial charge in [0.1, 0.15) is 0 Å². The van der Waals surface area contributed by atoms with Crippen LogP contribution in [0.2, 0.25) is 0 Å². The van der Waals surface area contributed by atoms with Crippen molar-refractivity contribution in [2.45, 2.75) is 19.4 Å². The lowest BCUT2D eigenvalue weighted by Gasteiger charge is -2.42. The standard InChI is InChI=1S/C18H30N2O2S/c1-21-9-8-20-12-17(13-22-2)18(15-20)4-6-19(7-5-18)11-16-3-10-23-14-16/h3,10,14,17H,4-9,11-13,15H2,1-2H3/t17-/m0/s1. The summed E-state index contributed by atoms with van der Waals surface area (Å²) in [6.45, 7) is 8.72. The molecule has 130 valence electrons. The third-order valence-corrected chi connectivity index (χ3v) is 6.43. The summed E-state index contributed by atoms with van der Waals surface area (Å²) in [5, 5.41) is 4.46. The van der Waals surface area contributed by atoms with Gasteiger partial charge in [-0.1, -0.05) is 0 Å². The third kappa shape index (κ3) is 4.15. The number of thiophene rings is 1. The van der Waals surface area contributed by atoms with E-state index in [1.807, 2.05) is 7.11 Å². The molecule has 0 amide bonds. The third-order valence-electron chi connectivity index (χ3n) is 5.70. The maximum absolute atomic E-state index is 5.55. The van der Waals surface area contributed by atoms with E-state index in [0.29, 0.717) is 11.3 Å². The van der Waals surface area contributed by atoms with Crippen LogP contribution in [0.5, 0.6) is 0 Å². The molecule has 23 heavy (non-hydrogen) atoms. The quantitative estimate of drug-likeness (QED) is 0.763. The highest BCUT2D eigenvalue weighted by atomic mass is 32.1. The number of likely N-dealkylation sites (tertiary alicyclic amines) is 2. The molecule has 3 heterocycles. The van der Waals surface area contributed by atoms with Crippen LogP contribution in [-0.2, 0) is 16.0 Å². The monoisotopic (exact) mass is 338 g/mol. The molecule has 0 N–H and O–H groups in total. The van der Waals surface area contributed by atoms with Crippen molar-refractivity contribution in [3.63, 3.8) is 0 Å². The van der Waals surface area contributed by atoms with E-state index in [-0.39, 0.29) is 0 Å². The van der Waals surface area contributed by atoms with E-state index in [1.54, 1.807) is 18.4 Å². The number of nitrogens with zero attached hydrogens (tertiary/aromatic N) is 2. The zero-order chi connectivity index (χ0) is 16.1. The normalized spacial score (nSPS) is 25.4. The van der Waals surface area contributed by atoms with Crippen molar-refractivity contribution in [3.05, 3.63) is 22.4 Å². The summed E-state index contributed by atoms with van der Waals surface area (Å²) in [6, 6.07) is 2.25. The van der Waals surface area contributed by atoms with Gasteiger partial charge in [-0.15, -0.1) is 0 Å². The Morgan fingerprint density at radius 1 is 1.22 bits per heavy atom. The highest BCUT2D eigenvalue weighted by Crippen LogP contribution is 2.44. The highest BCUT2D eigenvalue weighted by Gasteiger charge is 2.47. The lowest BCUT2D eigenvalue weighted by atomic mass is 9.71. The Hall–Kier alpha value is -0.460. The van der Waals surface area contributed by atoms with Gasteiger partial charge in [-0.3, -0.25) is 4.90 Å². The minimum atomic E-state index is 0.453. The Morgan fingerprint density at radius 2 is 2.04 bits per heavy atom. The molecule has 0 aromatic carbocycles. The zero-order valence-corrected chi connectivity index (χ0v) is 15.3. The van der Waals surface area contributed by atoms with Crippen LogP contribution in [0.4, 0.5) is 0 Å². The van der Waals surface area contributed by atoms with Gasteiger partial charge in [0.25, 0.3) is 0 Å². The van der Waals surface area contributed by atoms with Crippen LogP contribution in [0.3, 0.4) is 0 Å². The molecule has 4 nitrogen and oxygen atoms in total. The van der Waals surface area contributed by atoms with E-state index >= 15 is 0 Å². The lowest BCUT2D eigenvalue weighted by molar-refractivity contribution is 0.0348. The molecule has 2 saturated heterocycles. The summed E-state index contributed by atoms with van der Waals surface area (Å²) in [6.07, 6.45) is 2.60. The fourth-order valence-corrected chi connectivity index (χ4v) is 4.99. The smallest absolute Gasteiger partial charge is 0.0589 e. The summed E-state index contributed by atoms with van der Waals surface area (Å²) in [5.41, 5.74) is 1.92. The van der Waals surface area contributed by atoms with Gasteiger partial charge in [-0.25, -0.2) is 0 Å². The maximum atomic E-state index is 5.55. The Balaban J connectivity index is 1.57. The maximum Gasteiger partial charge on any atom is 0.0589 e. The molecule has 0 aliphatic carbocycles. The minimum absolute atomic E-state index is 0.453. The van der Waals surface area contributed by atoms with Crippen LogP contribution in [0.25, 0.3) is 0 Å². The first-order valence-electron chi connectivity index (χ1n) is 8.69. The van der Waals surface area contributed by atoms with Crippen LogP contribution in [0, 0.1) is 11.3 Å². The summed E-state index contributed by atoms with van der Waals surface area (Å²) in [5.74, 6) is 0.674. The molecule has 1 atom stereocenters. The Labute approximate surface area is 144 Å². The Morgan fingerprint density at radius 3 is 2.70 bits per heavy atom. The Kier molecular flexibility index (Phi) is 6.10. The van der Waals surface area contributed by atoms with Gasteiger partial charge in [0, 0.05) is 46.3 Å². The van der Waals surface area contributed by atoms with Crippen LogP contribution >= 0.6 is 11.3 Å². The highest BCUT2D eigenvalue weighted by molar-refractivity contribution is 7.07. The lowest BCUT2D eigenvalue weighted by Crippen LogP contribution is -2.45. The molecule has 0 bridgehead atoms. The van der Waals surface area contributed by atoms with Gasteiger partial charge in [-0.2, -0.15) is 11.3 Å². The van der Waals surface area contributed by atoms with Gasteiger partial charge in [0.2, 0.25) is 0 Å². The van der Waals surface area contributed by atoms with E-state index in [2.05, 4.69) is 26.6 Å². The molecule has 0 radical (unpaired) electrons. The largest absolute Gasteiger partial charge is 0.384 e. The van der Waals surface area contributed by atoms with Crippen molar-refractivity contribution in [2.75, 3.05) is 60.2 Å². The van der Waals surface area contributed by atoms with E-state index in [9.17, 15) is 0 Å². The molecule has 2 aliphatic rings. The minimum Gasteiger partial charge on any atom is -0.384 e. The molecular formula is C18H30N2O2S. The molecule has 3 rings (SSSR count). The first kappa shape index (κ1) is 17.4. The van der Waals surface area contributed by atoms with Crippen LogP contribution in [-0.4, -0.2) is 70.0 Å². The van der Waals surface area contributed by atoms with Gasteiger partial charge in [0.15, 0.2) is 0 Å². The molecule has 0 unspecified atom stereocenters. The molecule has 5 heteroatoms. The van der Waals surface area contributed by atoms with Crippen molar-refractivity contribution >= 4 is 11.3 Å². The Bertz CT molecular complexity index is 458. The molecular weight excluding hydrogens is 308 g/mol. The molecule has 0 saturated carbocycles. The number of piperidine rings is 1. The zero-order valence-electron chi connectivity index (χ0n) is 14.5.